The Morgan fingerprint density at radius 3 is 2.48 bits per heavy atom. The van der Waals surface area contributed by atoms with E-state index in [-0.39, 0.29) is 0 Å². The van der Waals surface area contributed by atoms with E-state index in [1.54, 1.807) is 6.21 Å². The molecule has 0 amide bonds. The van der Waals surface area contributed by atoms with Crippen LogP contribution in [0.3, 0.4) is 0 Å². The Hall–Kier alpha value is -2.56. The SMILES string of the molecule is Cc1ccc(Nc2nc(N/N=C/c3ccc(Br)cc3)nc(N3CCOCC3)n2)c(Br)c1. The molecule has 0 atom stereocenters. The number of benzene rings is 2. The van der Waals surface area contributed by atoms with E-state index in [1.165, 1.54) is 0 Å². The molecule has 1 fully saturated rings. The predicted molar refractivity (Wildman–Crippen MR) is 130 cm³/mol. The maximum atomic E-state index is 5.45. The van der Waals surface area contributed by atoms with Crippen LogP contribution in [0.5, 0.6) is 0 Å². The van der Waals surface area contributed by atoms with Gasteiger partial charge in [0, 0.05) is 22.0 Å². The summed E-state index contributed by atoms with van der Waals surface area (Å²) in [5.41, 5.74) is 5.91. The van der Waals surface area contributed by atoms with E-state index < -0.39 is 0 Å². The molecule has 2 aromatic carbocycles. The lowest BCUT2D eigenvalue weighted by molar-refractivity contribution is 0.122. The molecule has 1 saturated heterocycles. The Morgan fingerprint density at radius 1 is 1.00 bits per heavy atom. The number of hydrogen-bond acceptors (Lipinski definition) is 8. The molecule has 1 aliphatic rings. The van der Waals surface area contributed by atoms with E-state index >= 15 is 0 Å². The number of hydrogen-bond donors (Lipinski definition) is 2. The molecule has 1 aliphatic heterocycles. The van der Waals surface area contributed by atoms with Crippen molar-refractivity contribution in [3.05, 3.63) is 62.5 Å². The van der Waals surface area contributed by atoms with Gasteiger partial charge >= 0.3 is 0 Å². The average Bonchev–Trinajstić information content (AvgIpc) is 2.78. The van der Waals surface area contributed by atoms with E-state index in [0.717, 1.165) is 38.8 Å². The smallest absolute Gasteiger partial charge is 0.250 e. The Labute approximate surface area is 197 Å². The topological polar surface area (TPSA) is 87.6 Å². The lowest BCUT2D eigenvalue weighted by Gasteiger charge is -2.27. The van der Waals surface area contributed by atoms with Crippen LogP contribution >= 0.6 is 31.9 Å². The molecule has 0 spiro atoms. The molecule has 2 heterocycles. The van der Waals surface area contributed by atoms with Crippen LogP contribution < -0.4 is 15.6 Å². The molecule has 8 nitrogen and oxygen atoms in total. The van der Waals surface area contributed by atoms with E-state index in [4.69, 9.17) is 4.74 Å². The van der Waals surface area contributed by atoms with E-state index in [1.807, 2.05) is 49.4 Å². The highest BCUT2D eigenvalue weighted by molar-refractivity contribution is 9.10. The third kappa shape index (κ3) is 5.99. The van der Waals surface area contributed by atoms with Crippen LogP contribution in [-0.4, -0.2) is 47.5 Å². The number of morpholine rings is 1. The highest BCUT2D eigenvalue weighted by Gasteiger charge is 2.17. The number of ether oxygens (including phenoxy) is 1. The van der Waals surface area contributed by atoms with Gasteiger partial charge in [-0.2, -0.15) is 20.1 Å². The lowest BCUT2D eigenvalue weighted by atomic mass is 10.2. The van der Waals surface area contributed by atoms with Gasteiger partial charge in [-0.15, -0.1) is 0 Å². The monoisotopic (exact) mass is 545 g/mol. The summed E-state index contributed by atoms with van der Waals surface area (Å²) < 4.78 is 7.40. The number of rotatable bonds is 6. The summed E-state index contributed by atoms with van der Waals surface area (Å²) in [6.07, 6.45) is 1.72. The number of aromatic nitrogens is 3. The molecule has 3 aromatic rings. The van der Waals surface area contributed by atoms with Crippen molar-refractivity contribution in [1.82, 2.24) is 15.0 Å². The molecule has 0 bridgehead atoms. The fraction of sp³-hybridized carbons (Fsp3) is 0.238. The second-order valence-electron chi connectivity index (χ2n) is 6.91. The molecule has 0 radical (unpaired) electrons. The largest absolute Gasteiger partial charge is 0.378 e. The molecular weight excluding hydrogens is 526 g/mol. The van der Waals surface area contributed by atoms with Gasteiger partial charge in [-0.05, 0) is 58.2 Å². The van der Waals surface area contributed by atoms with Crippen LogP contribution in [0.4, 0.5) is 23.5 Å². The molecule has 4 rings (SSSR count). The van der Waals surface area contributed by atoms with Crippen LogP contribution in [0.25, 0.3) is 0 Å². The third-order valence-corrected chi connectivity index (χ3v) is 5.72. The molecular formula is C21H21Br2N7O. The first-order chi connectivity index (χ1) is 15.1. The van der Waals surface area contributed by atoms with Crippen LogP contribution in [-0.2, 0) is 4.74 Å². The number of halogens is 2. The maximum Gasteiger partial charge on any atom is 0.250 e. The van der Waals surface area contributed by atoms with E-state index in [9.17, 15) is 0 Å². The number of nitrogens with one attached hydrogen (secondary N) is 2. The van der Waals surface area contributed by atoms with Gasteiger partial charge in [-0.1, -0.05) is 34.1 Å². The minimum Gasteiger partial charge on any atom is -0.378 e. The fourth-order valence-corrected chi connectivity index (χ4v) is 3.79. The standard InChI is InChI=1S/C21H21Br2N7O/c1-14-2-7-18(17(23)12-14)25-19-26-20(28-21(27-19)30-8-10-31-11-9-30)29-24-13-15-3-5-16(22)6-4-15/h2-7,12-13H,8-11H2,1H3,(H2,25,26,27,28,29)/b24-13+. The molecule has 1 aromatic heterocycles. The quantitative estimate of drug-likeness (QED) is 0.341. The minimum atomic E-state index is 0.357. The summed E-state index contributed by atoms with van der Waals surface area (Å²) in [5, 5.41) is 7.55. The Bertz CT molecular complexity index is 1070. The molecule has 0 unspecified atom stereocenters. The second kappa shape index (κ2) is 10.2. The summed E-state index contributed by atoms with van der Waals surface area (Å²) in [5.74, 6) is 1.36. The van der Waals surface area contributed by atoms with Crippen molar-refractivity contribution in [2.45, 2.75) is 6.92 Å². The van der Waals surface area contributed by atoms with Crippen molar-refractivity contribution in [3.8, 4) is 0 Å². The maximum absolute atomic E-state index is 5.45. The number of anilines is 4. The summed E-state index contributed by atoms with van der Waals surface area (Å²) in [4.78, 5) is 15.7. The van der Waals surface area contributed by atoms with E-state index in [2.05, 4.69) is 67.6 Å². The Balaban J connectivity index is 1.58. The zero-order valence-corrected chi connectivity index (χ0v) is 20.0. The first kappa shape index (κ1) is 21.7. The molecule has 0 saturated carbocycles. The zero-order valence-electron chi connectivity index (χ0n) is 16.8. The third-order valence-electron chi connectivity index (χ3n) is 4.54. The molecule has 2 N–H and O–H groups in total. The van der Waals surface area contributed by atoms with Gasteiger partial charge in [-0.3, -0.25) is 0 Å². The Morgan fingerprint density at radius 2 is 1.74 bits per heavy atom. The average molecular weight is 547 g/mol. The predicted octanol–water partition coefficient (Wildman–Crippen LogP) is 4.73. The molecule has 10 heteroatoms. The molecule has 0 aliphatic carbocycles. The summed E-state index contributed by atoms with van der Waals surface area (Å²) in [7, 11) is 0. The van der Waals surface area contributed by atoms with Crippen LogP contribution in [0.2, 0.25) is 0 Å². The van der Waals surface area contributed by atoms with Gasteiger partial charge in [0.15, 0.2) is 0 Å². The number of aryl methyl sites for hydroxylation is 1. The zero-order chi connectivity index (χ0) is 21.6. The van der Waals surface area contributed by atoms with Crippen molar-refractivity contribution >= 4 is 61.6 Å². The highest BCUT2D eigenvalue weighted by atomic mass is 79.9. The van der Waals surface area contributed by atoms with Crippen molar-refractivity contribution in [2.24, 2.45) is 5.10 Å². The first-order valence-electron chi connectivity index (χ1n) is 9.73. The van der Waals surface area contributed by atoms with Crippen molar-refractivity contribution in [3.63, 3.8) is 0 Å². The first-order valence-corrected chi connectivity index (χ1v) is 11.3. The number of nitrogens with zero attached hydrogens (tertiary/aromatic N) is 5. The fourth-order valence-electron chi connectivity index (χ4n) is 2.93. The number of hydrazone groups is 1. The highest BCUT2D eigenvalue weighted by Crippen LogP contribution is 2.26. The lowest BCUT2D eigenvalue weighted by Crippen LogP contribution is -2.37. The van der Waals surface area contributed by atoms with Crippen LogP contribution in [0.1, 0.15) is 11.1 Å². The van der Waals surface area contributed by atoms with Crippen LogP contribution in [0, 0.1) is 6.92 Å². The van der Waals surface area contributed by atoms with Gasteiger partial charge in [0.2, 0.25) is 17.8 Å². The van der Waals surface area contributed by atoms with Crippen LogP contribution in [0.15, 0.2) is 56.5 Å². The van der Waals surface area contributed by atoms with Gasteiger partial charge in [0.25, 0.3) is 0 Å². The summed E-state index contributed by atoms with van der Waals surface area (Å²) in [6, 6.07) is 13.9. The summed E-state index contributed by atoms with van der Waals surface area (Å²) >= 11 is 7.02. The van der Waals surface area contributed by atoms with E-state index in [0.29, 0.717) is 31.1 Å². The summed E-state index contributed by atoms with van der Waals surface area (Å²) in [6.45, 7) is 4.77. The van der Waals surface area contributed by atoms with Crippen molar-refractivity contribution in [1.29, 1.82) is 0 Å². The van der Waals surface area contributed by atoms with Gasteiger partial charge in [0.05, 0.1) is 25.1 Å². The molecule has 160 valence electrons. The van der Waals surface area contributed by atoms with Gasteiger partial charge in [-0.25, -0.2) is 5.43 Å². The second-order valence-corrected chi connectivity index (χ2v) is 8.68. The minimum absolute atomic E-state index is 0.357. The van der Waals surface area contributed by atoms with Gasteiger partial charge in [0.1, 0.15) is 0 Å². The Kier molecular flexibility index (Phi) is 7.10. The van der Waals surface area contributed by atoms with Crippen molar-refractivity contribution < 1.29 is 4.74 Å². The molecule has 31 heavy (non-hydrogen) atoms. The normalized spacial score (nSPS) is 14.1. The van der Waals surface area contributed by atoms with Gasteiger partial charge < -0.3 is 15.0 Å². The van der Waals surface area contributed by atoms with Crippen molar-refractivity contribution in [2.75, 3.05) is 41.9 Å².